The van der Waals surface area contributed by atoms with E-state index >= 15 is 0 Å². The van der Waals surface area contributed by atoms with Gasteiger partial charge in [0.25, 0.3) is 11.6 Å². The van der Waals surface area contributed by atoms with Gasteiger partial charge in [0.15, 0.2) is 0 Å². The number of methoxy groups -OCH3 is 1. The number of benzene rings is 2. The van der Waals surface area contributed by atoms with Gasteiger partial charge in [-0.05, 0) is 30.3 Å². The molecule has 0 saturated heterocycles. The van der Waals surface area contributed by atoms with Gasteiger partial charge >= 0.3 is 5.69 Å². The number of rotatable bonds is 8. The summed E-state index contributed by atoms with van der Waals surface area (Å²) in [5.41, 5.74) is 3.82. The first-order chi connectivity index (χ1) is 14.9. The van der Waals surface area contributed by atoms with Crippen LogP contribution < -0.4 is 20.9 Å². The van der Waals surface area contributed by atoms with Crippen molar-refractivity contribution in [2.75, 3.05) is 17.9 Å². The van der Waals surface area contributed by atoms with Crippen molar-refractivity contribution >= 4 is 34.6 Å². The van der Waals surface area contributed by atoms with Crippen LogP contribution in [0.15, 0.2) is 54.9 Å². The Morgan fingerprint density at radius 1 is 0.968 bits per heavy atom. The van der Waals surface area contributed by atoms with Gasteiger partial charge < -0.3 is 10.1 Å². The second-order valence-electron chi connectivity index (χ2n) is 5.88. The van der Waals surface area contributed by atoms with Crippen LogP contribution in [-0.2, 0) is 0 Å². The monoisotopic (exact) mass is 425 g/mol. The zero-order chi connectivity index (χ0) is 22.4. The van der Waals surface area contributed by atoms with Crippen molar-refractivity contribution < 1.29 is 19.4 Å². The summed E-state index contributed by atoms with van der Waals surface area (Å²) in [5.74, 6) is -0.719. The minimum absolute atomic E-state index is 0.132. The van der Waals surface area contributed by atoms with Gasteiger partial charge in [-0.2, -0.15) is 0 Å². The van der Waals surface area contributed by atoms with Crippen molar-refractivity contribution in [3.8, 4) is 5.75 Å². The fourth-order valence-electron chi connectivity index (χ4n) is 2.55. The lowest BCUT2D eigenvalue weighted by molar-refractivity contribution is -0.385. The number of nitro benzene ring substituents is 1. The van der Waals surface area contributed by atoms with E-state index in [9.17, 15) is 25.0 Å². The molecule has 0 radical (unpaired) electrons. The van der Waals surface area contributed by atoms with Crippen molar-refractivity contribution in [3.63, 3.8) is 0 Å². The largest absolute Gasteiger partial charge is 0.497 e. The zero-order valence-corrected chi connectivity index (χ0v) is 15.9. The van der Waals surface area contributed by atoms with E-state index in [-0.39, 0.29) is 17.2 Å². The summed E-state index contributed by atoms with van der Waals surface area (Å²) in [4.78, 5) is 41.3. The first kappa shape index (κ1) is 20.9. The molecule has 0 unspecified atom stereocenters. The Morgan fingerprint density at radius 2 is 1.65 bits per heavy atom. The van der Waals surface area contributed by atoms with Crippen LogP contribution in [-0.4, -0.2) is 32.8 Å². The maximum Gasteiger partial charge on any atom is 0.355 e. The standard InChI is InChI=1S/C18H15N7O6/c1-31-12-8-6-11(7-9-12)21-16-15(25(29)30)17(20-10-19-16)22-23-18(26)13-4-2-3-5-14(13)24(27)28/h2-10H,1H3,(H,23,26)(H2,19,20,21,22). The van der Waals surface area contributed by atoms with Crippen molar-refractivity contribution in [1.82, 2.24) is 15.4 Å². The molecule has 3 rings (SSSR count). The SMILES string of the molecule is COc1ccc(Nc2ncnc(NNC(=O)c3ccccc3[N+](=O)[O-])c2[N+](=O)[O-])cc1. The molecule has 0 fully saturated rings. The van der Waals surface area contributed by atoms with E-state index in [0.717, 1.165) is 6.33 Å². The van der Waals surface area contributed by atoms with E-state index < -0.39 is 27.1 Å². The highest BCUT2D eigenvalue weighted by atomic mass is 16.6. The Hall–Kier alpha value is -4.81. The summed E-state index contributed by atoms with van der Waals surface area (Å²) in [6, 6.07) is 11.9. The Bertz CT molecular complexity index is 1140. The van der Waals surface area contributed by atoms with E-state index in [1.54, 1.807) is 24.3 Å². The molecule has 0 atom stereocenters. The van der Waals surface area contributed by atoms with E-state index in [4.69, 9.17) is 4.74 Å². The molecule has 0 bridgehead atoms. The lowest BCUT2D eigenvalue weighted by Crippen LogP contribution is -2.30. The summed E-state index contributed by atoms with van der Waals surface area (Å²) in [6.07, 6.45) is 1.05. The maximum atomic E-state index is 12.3. The van der Waals surface area contributed by atoms with Gasteiger partial charge in [0.2, 0.25) is 11.6 Å². The highest BCUT2D eigenvalue weighted by Crippen LogP contribution is 2.31. The Morgan fingerprint density at radius 3 is 2.29 bits per heavy atom. The highest BCUT2D eigenvalue weighted by molar-refractivity contribution is 5.98. The second-order valence-corrected chi connectivity index (χ2v) is 5.88. The van der Waals surface area contributed by atoms with Crippen LogP contribution in [0.25, 0.3) is 0 Å². The molecule has 158 valence electrons. The summed E-state index contributed by atoms with van der Waals surface area (Å²) in [6.45, 7) is 0. The molecule has 0 saturated carbocycles. The molecule has 0 spiro atoms. The average molecular weight is 425 g/mol. The van der Waals surface area contributed by atoms with Gasteiger partial charge in [0.1, 0.15) is 17.6 Å². The third-order valence-corrected chi connectivity index (χ3v) is 4.00. The molecule has 2 aromatic carbocycles. The Balaban J connectivity index is 1.83. The molecular weight excluding hydrogens is 410 g/mol. The number of hydrogen-bond donors (Lipinski definition) is 3. The van der Waals surface area contributed by atoms with Crippen molar-refractivity contribution in [1.29, 1.82) is 0 Å². The number of para-hydroxylation sites is 1. The van der Waals surface area contributed by atoms with Crippen LogP contribution in [0.1, 0.15) is 10.4 Å². The molecule has 3 aromatic rings. The fourth-order valence-corrected chi connectivity index (χ4v) is 2.55. The normalized spacial score (nSPS) is 10.1. The highest BCUT2D eigenvalue weighted by Gasteiger charge is 2.25. The number of ether oxygens (including phenoxy) is 1. The molecule has 13 heteroatoms. The number of aromatic nitrogens is 2. The molecule has 1 heterocycles. The number of amides is 1. The predicted molar refractivity (Wildman–Crippen MR) is 109 cm³/mol. The number of carbonyl (C=O) groups excluding carboxylic acids is 1. The van der Waals surface area contributed by atoms with Crippen LogP contribution >= 0.6 is 0 Å². The van der Waals surface area contributed by atoms with E-state index in [0.29, 0.717) is 11.4 Å². The van der Waals surface area contributed by atoms with E-state index in [2.05, 4.69) is 26.1 Å². The Labute approximate surface area is 174 Å². The summed E-state index contributed by atoms with van der Waals surface area (Å²) < 4.78 is 5.06. The lowest BCUT2D eigenvalue weighted by atomic mass is 10.2. The molecule has 3 N–H and O–H groups in total. The summed E-state index contributed by atoms with van der Waals surface area (Å²) in [5, 5.41) is 25.5. The van der Waals surface area contributed by atoms with Crippen LogP contribution in [0.5, 0.6) is 5.75 Å². The first-order valence-electron chi connectivity index (χ1n) is 8.61. The van der Waals surface area contributed by atoms with Gasteiger partial charge in [0.05, 0.1) is 17.0 Å². The van der Waals surface area contributed by atoms with Crippen molar-refractivity contribution in [3.05, 3.63) is 80.7 Å². The molecule has 1 amide bonds. The van der Waals surface area contributed by atoms with Crippen LogP contribution in [0, 0.1) is 20.2 Å². The predicted octanol–water partition coefficient (Wildman–Crippen LogP) is 2.80. The van der Waals surface area contributed by atoms with Crippen molar-refractivity contribution in [2.24, 2.45) is 0 Å². The quantitative estimate of drug-likeness (QED) is 0.359. The van der Waals surface area contributed by atoms with Gasteiger partial charge in [-0.25, -0.2) is 9.97 Å². The summed E-state index contributed by atoms with van der Waals surface area (Å²) in [7, 11) is 1.51. The maximum absolute atomic E-state index is 12.3. The van der Waals surface area contributed by atoms with Gasteiger partial charge in [-0.3, -0.25) is 35.9 Å². The fraction of sp³-hybridized carbons (Fsp3) is 0.0556. The van der Waals surface area contributed by atoms with E-state index in [1.165, 1.54) is 31.4 Å². The number of hydrazine groups is 1. The molecule has 0 aliphatic heterocycles. The summed E-state index contributed by atoms with van der Waals surface area (Å²) >= 11 is 0. The number of nitrogens with zero attached hydrogens (tertiary/aromatic N) is 4. The van der Waals surface area contributed by atoms with E-state index in [1.807, 2.05) is 0 Å². The number of carbonyl (C=O) groups is 1. The van der Waals surface area contributed by atoms with Crippen LogP contribution in [0.3, 0.4) is 0 Å². The first-order valence-corrected chi connectivity index (χ1v) is 8.61. The molecule has 13 nitrogen and oxygen atoms in total. The molecule has 0 aliphatic carbocycles. The molecule has 0 aliphatic rings. The number of nitrogens with one attached hydrogen (secondary N) is 3. The third-order valence-electron chi connectivity index (χ3n) is 4.00. The topological polar surface area (TPSA) is 174 Å². The Kier molecular flexibility index (Phi) is 6.16. The van der Waals surface area contributed by atoms with Crippen LogP contribution in [0.2, 0.25) is 0 Å². The lowest BCUT2D eigenvalue weighted by Gasteiger charge is -2.11. The minimum Gasteiger partial charge on any atom is -0.497 e. The molecule has 31 heavy (non-hydrogen) atoms. The van der Waals surface area contributed by atoms with Gasteiger partial charge in [-0.15, -0.1) is 0 Å². The van der Waals surface area contributed by atoms with Crippen LogP contribution in [0.4, 0.5) is 28.7 Å². The third kappa shape index (κ3) is 4.79. The van der Waals surface area contributed by atoms with Crippen molar-refractivity contribution in [2.45, 2.75) is 0 Å². The van der Waals surface area contributed by atoms with Gasteiger partial charge in [0, 0.05) is 11.8 Å². The zero-order valence-electron chi connectivity index (χ0n) is 15.9. The van der Waals surface area contributed by atoms with Gasteiger partial charge in [-0.1, -0.05) is 12.1 Å². The average Bonchev–Trinajstić information content (AvgIpc) is 2.77. The second kappa shape index (κ2) is 9.13. The minimum atomic E-state index is -0.870. The smallest absolute Gasteiger partial charge is 0.355 e. The molecule has 1 aromatic heterocycles. The number of anilines is 3. The number of nitro groups is 2. The number of hydrogen-bond acceptors (Lipinski definition) is 10. The molecular formula is C18H15N7O6.